The molecule has 1 saturated heterocycles. The van der Waals surface area contributed by atoms with Gasteiger partial charge in [-0.3, -0.25) is 9.59 Å². The molecule has 1 aliphatic heterocycles. The molecule has 2 aromatic rings. The van der Waals surface area contributed by atoms with E-state index in [2.05, 4.69) is 29.2 Å². The van der Waals surface area contributed by atoms with Gasteiger partial charge in [-0.1, -0.05) is 30.3 Å². The van der Waals surface area contributed by atoms with Crippen LogP contribution in [-0.2, 0) is 13.5 Å². The van der Waals surface area contributed by atoms with E-state index in [0.29, 0.717) is 5.56 Å². The SMILES string of the molecule is Cc1cc(C)n(C)c(=O)c1C(=O)N(C)[C@H]1CCCN(CCc2ccccc2)C1. The summed E-state index contributed by atoms with van der Waals surface area (Å²) >= 11 is 0. The maximum Gasteiger partial charge on any atom is 0.263 e. The van der Waals surface area contributed by atoms with Crippen molar-refractivity contribution in [3.8, 4) is 0 Å². The lowest BCUT2D eigenvalue weighted by Gasteiger charge is -2.37. The zero-order valence-corrected chi connectivity index (χ0v) is 17.4. The first-order valence-corrected chi connectivity index (χ1v) is 10.1. The van der Waals surface area contributed by atoms with Gasteiger partial charge >= 0.3 is 0 Å². The lowest BCUT2D eigenvalue weighted by Crippen LogP contribution is -2.50. The van der Waals surface area contributed by atoms with Gasteiger partial charge in [0.25, 0.3) is 11.5 Å². The van der Waals surface area contributed by atoms with Gasteiger partial charge in [0, 0.05) is 38.9 Å². The minimum absolute atomic E-state index is 0.141. The van der Waals surface area contributed by atoms with Crippen LogP contribution in [-0.4, -0.2) is 53.0 Å². The third-order valence-corrected chi connectivity index (χ3v) is 5.99. The summed E-state index contributed by atoms with van der Waals surface area (Å²) in [5.41, 5.74) is 3.07. The standard InChI is InChI=1S/C23H31N3O2/c1-17-15-18(2)24(3)22(27)21(17)23(28)25(4)20-11-8-13-26(16-20)14-12-19-9-6-5-7-10-19/h5-7,9-10,15,20H,8,11-14,16H2,1-4H3/t20-/m0/s1. The number of likely N-dealkylation sites (N-methyl/N-ethyl adjacent to an activating group) is 1. The molecule has 0 spiro atoms. The number of rotatable bonds is 5. The van der Waals surface area contributed by atoms with E-state index in [1.54, 1.807) is 16.5 Å². The molecule has 0 unspecified atom stereocenters. The Hall–Kier alpha value is -2.40. The molecule has 0 radical (unpaired) electrons. The van der Waals surface area contributed by atoms with E-state index >= 15 is 0 Å². The van der Waals surface area contributed by atoms with Gasteiger partial charge < -0.3 is 14.4 Å². The molecule has 150 valence electrons. The average Bonchev–Trinajstić information content (AvgIpc) is 2.71. The van der Waals surface area contributed by atoms with Gasteiger partial charge in [-0.2, -0.15) is 0 Å². The molecule has 0 bridgehead atoms. The smallest absolute Gasteiger partial charge is 0.263 e. The van der Waals surface area contributed by atoms with Crippen LogP contribution in [0.25, 0.3) is 0 Å². The molecule has 1 aliphatic rings. The molecular formula is C23H31N3O2. The summed E-state index contributed by atoms with van der Waals surface area (Å²) in [6.45, 7) is 6.66. The van der Waals surface area contributed by atoms with Crippen molar-refractivity contribution in [1.82, 2.24) is 14.4 Å². The first-order chi connectivity index (χ1) is 13.4. The summed E-state index contributed by atoms with van der Waals surface area (Å²) in [7, 11) is 3.56. The number of hydrogen-bond acceptors (Lipinski definition) is 3. The van der Waals surface area contributed by atoms with E-state index in [1.807, 2.05) is 33.0 Å². The van der Waals surface area contributed by atoms with Gasteiger partial charge in [-0.25, -0.2) is 0 Å². The maximum atomic E-state index is 13.1. The maximum absolute atomic E-state index is 13.1. The van der Waals surface area contributed by atoms with Crippen LogP contribution in [0.5, 0.6) is 0 Å². The zero-order valence-electron chi connectivity index (χ0n) is 17.4. The molecule has 0 aliphatic carbocycles. The van der Waals surface area contributed by atoms with Crippen molar-refractivity contribution in [2.75, 3.05) is 26.7 Å². The number of hydrogen-bond donors (Lipinski definition) is 0. The second-order valence-electron chi connectivity index (χ2n) is 7.96. The molecule has 0 N–H and O–H groups in total. The van der Waals surface area contributed by atoms with E-state index in [4.69, 9.17) is 0 Å². The van der Waals surface area contributed by atoms with Crippen molar-refractivity contribution in [3.63, 3.8) is 0 Å². The first kappa shape index (κ1) is 20.3. The van der Waals surface area contributed by atoms with E-state index in [-0.39, 0.29) is 17.5 Å². The lowest BCUT2D eigenvalue weighted by molar-refractivity contribution is 0.0616. The molecule has 5 heteroatoms. The van der Waals surface area contributed by atoms with Gasteiger partial charge in [0.05, 0.1) is 0 Å². The van der Waals surface area contributed by atoms with Crippen LogP contribution in [0.4, 0.5) is 0 Å². The Morgan fingerprint density at radius 1 is 1.21 bits per heavy atom. The summed E-state index contributed by atoms with van der Waals surface area (Å²) in [5.74, 6) is -0.159. The molecule has 1 atom stereocenters. The van der Waals surface area contributed by atoms with Crippen LogP contribution in [0.1, 0.15) is 40.0 Å². The third-order valence-electron chi connectivity index (χ3n) is 5.99. The lowest BCUT2D eigenvalue weighted by atomic mass is 10.0. The van der Waals surface area contributed by atoms with Gasteiger partial charge in [0.1, 0.15) is 5.56 Å². The van der Waals surface area contributed by atoms with Crippen LogP contribution in [0.15, 0.2) is 41.2 Å². The van der Waals surface area contributed by atoms with E-state index in [9.17, 15) is 9.59 Å². The second kappa shape index (κ2) is 8.74. The van der Waals surface area contributed by atoms with Crippen molar-refractivity contribution in [2.45, 2.75) is 39.2 Å². The molecule has 1 amide bonds. The summed E-state index contributed by atoms with van der Waals surface area (Å²) in [4.78, 5) is 30.0. The highest BCUT2D eigenvalue weighted by atomic mass is 16.2. The van der Waals surface area contributed by atoms with Gasteiger partial charge in [-0.05, 0) is 56.8 Å². The summed E-state index contributed by atoms with van der Waals surface area (Å²) < 4.78 is 1.56. The van der Waals surface area contributed by atoms with Crippen molar-refractivity contribution in [2.24, 2.45) is 7.05 Å². The number of likely N-dealkylation sites (tertiary alicyclic amines) is 1. The van der Waals surface area contributed by atoms with Crippen LogP contribution in [0.3, 0.4) is 0 Å². The minimum Gasteiger partial charge on any atom is -0.337 e. The number of aromatic nitrogens is 1. The monoisotopic (exact) mass is 381 g/mol. The first-order valence-electron chi connectivity index (χ1n) is 10.1. The molecule has 1 aromatic carbocycles. The number of aryl methyl sites for hydroxylation is 2. The molecule has 1 fully saturated rings. The fraction of sp³-hybridized carbons (Fsp3) is 0.478. The Bertz CT molecular complexity index is 889. The molecule has 1 aromatic heterocycles. The van der Waals surface area contributed by atoms with Crippen LogP contribution >= 0.6 is 0 Å². The van der Waals surface area contributed by atoms with Crippen molar-refractivity contribution in [3.05, 3.63) is 69.1 Å². The largest absolute Gasteiger partial charge is 0.337 e. The Morgan fingerprint density at radius 2 is 1.93 bits per heavy atom. The third kappa shape index (κ3) is 4.36. The van der Waals surface area contributed by atoms with Crippen molar-refractivity contribution in [1.29, 1.82) is 0 Å². The number of carbonyl (C=O) groups excluding carboxylic acids is 1. The quantitative estimate of drug-likeness (QED) is 0.800. The average molecular weight is 382 g/mol. The fourth-order valence-corrected chi connectivity index (χ4v) is 4.06. The Balaban J connectivity index is 1.68. The molecule has 28 heavy (non-hydrogen) atoms. The normalized spacial score (nSPS) is 17.5. The van der Waals surface area contributed by atoms with Gasteiger partial charge in [0.15, 0.2) is 0 Å². The van der Waals surface area contributed by atoms with Gasteiger partial charge in [0.2, 0.25) is 0 Å². The van der Waals surface area contributed by atoms with Crippen LogP contribution in [0.2, 0.25) is 0 Å². The Labute approximate surface area is 167 Å². The predicted molar refractivity (Wildman–Crippen MR) is 113 cm³/mol. The molecule has 5 nitrogen and oxygen atoms in total. The van der Waals surface area contributed by atoms with E-state index in [0.717, 1.165) is 50.2 Å². The number of piperidine rings is 1. The summed E-state index contributed by atoms with van der Waals surface area (Å²) in [6, 6.07) is 12.6. The summed E-state index contributed by atoms with van der Waals surface area (Å²) in [5, 5.41) is 0. The molecule has 3 rings (SSSR count). The van der Waals surface area contributed by atoms with Crippen LogP contribution < -0.4 is 5.56 Å². The predicted octanol–water partition coefficient (Wildman–Crippen LogP) is 2.78. The molecule has 0 saturated carbocycles. The highest BCUT2D eigenvalue weighted by Gasteiger charge is 2.29. The zero-order chi connectivity index (χ0) is 20.3. The topological polar surface area (TPSA) is 45.6 Å². The number of pyridine rings is 1. The molecular weight excluding hydrogens is 350 g/mol. The highest BCUT2D eigenvalue weighted by molar-refractivity contribution is 5.95. The minimum atomic E-state index is -0.203. The number of benzene rings is 1. The van der Waals surface area contributed by atoms with Crippen molar-refractivity contribution < 1.29 is 4.79 Å². The highest BCUT2D eigenvalue weighted by Crippen LogP contribution is 2.18. The fourth-order valence-electron chi connectivity index (χ4n) is 4.06. The van der Waals surface area contributed by atoms with E-state index < -0.39 is 0 Å². The Morgan fingerprint density at radius 3 is 2.64 bits per heavy atom. The second-order valence-corrected chi connectivity index (χ2v) is 7.96. The van der Waals surface area contributed by atoms with Crippen LogP contribution in [0, 0.1) is 13.8 Å². The van der Waals surface area contributed by atoms with Gasteiger partial charge in [-0.15, -0.1) is 0 Å². The number of carbonyl (C=O) groups is 1. The summed E-state index contributed by atoms with van der Waals surface area (Å²) in [6.07, 6.45) is 3.07. The van der Waals surface area contributed by atoms with E-state index in [1.165, 1.54) is 5.56 Å². The number of nitrogens with zero attached hydrogens (tertiary/aromatic N) is 3. The Kier molecular flexibility index (Phi) is 6.35. The molecule has 2 heterocycles. The number of amides is 1. The van der Waals surface area contributed by atoms with Crippen molar-refractivity contribution >= 4 is 5.91 Å².